The number of nitrogens with one attached hydrogen (secondary N) is 1. The Bertz CT molecular complexity index is 943. The zero-order chi connectivity index (χ0) is 22.1. The molecular weight excluding hydrogens is 404 g/mol. The van der Waals surface area contributed by atoms with Crippen LogP contribution in [0.5, 0.6) is 5.75 Å². The van der Waals surface area contributed by atoms with Gasteiger partial charge in [0, 0.05) is 20.3 Å². The van der Waals surface area contributed by atoms with Crippen molar-refractivity contribution in [2.75, 3.05) is 38.2 Å². The number of amides is 1. The quantitative estimate of drug-likeness (QED) is 0.550. The molecule has 2 aromatic rings. The summed E-state index contributed by atoms with van der Waals surface area (Å²) < 4.78 is 38.5. The molecule has 0 atom stereocenters. The number of hydrogen-bond acceptors (Lipinski definition) is 5. The molecule has 1 amide bonds. The maximum absolute atomic E-state index is 13.6. The van der Waals surface area contributed by atoms with Crippen molar-refractivity contribution in [3.8, 4) is 5.75 Å². The second-order valence-electron chi connectivity index (χ2n) is 6.88. The molecule has 1 N–H and O–H groups in total. The Morgan fingerprint density at radius 2 is 1.80 bits per heavy atom. The number of ether oxygens (including phenoxy) is 2. The van der Waals surface area contributed by atoms with Gasteiger partial charge in [0.15, 0.2) is 0 Å². The third-order valence-corrected chi connectivity index (χ3v) is 6.45. The van der Waals surface area contributed by atoms with Crippen LogP contribution in [-0.4, -0.2) is 48.2 Å². The van der Waals surface area contributed by atoms with E-state index in [1.54, 1.807) is 44.4 Å². The molecule has 0 radical (unpaired) electrons. The van der Waals surface area contributed by atoms with E-state index in [-0.39, 0.29) is 23.1 Å². The Balaban J connectivity index is 2.41. The van der Waals surface area contributed by atoms with Gasteiger partial charge in [-0.25, -0.2) is 8.42 Å². The Morgan fingerprint density at radius 1 is 1.10 bits per heavy atom. The molecule has 0 spiro atoms. The highest BCUT2D eigenvalue weighted by Gasteiger charge is 2.30. The smallest absolute Gasteiger partial charge is 0.268 e. The molecule has 0 aliphatic rings. The average Bonchev–Trinajstić information content (AvgIpc) is 2.75. The highest BCUT2D eigenvalue weighted by molar-refractivity contribution is 7.93. The minimum absolute atomic E-state index is 0.0248. The molecule has 0 saturated carbocycles. The largest absolute Gasteiger partial charge is 0.495 e. The van der Waals surface area contributed by atoms with Crippen LogP contribution in [0, 0.1) is 6.92 Å². The molecule has 0 heterocycles. The fourth-order valence-corrected chi connectivity index (χ4v) is 4.61. The Labute approximate surface area is 179 Å². The predicted octanol–water partition coefficient (Wildman–Crippen LogP) is 2.91. The number of aryl methyl sites for hydroxylation is 2. The lowest BCUT2D eigenvalue weighted by molar-refractivity contribution is -0.119. The van der Waals surface area contributed by atoms with Gasteiger partial charge in [-0.05, 0) is 55.2 Å². The maximum Gasteiger partial charge on any atom is 0.268 e. The number of hydrogen-bond donors (Lipinski definition) is 1. The number of rotatable bonds is 11. The zero-order valence-electron chi connectivity index (χ0n) is 18.0. The first kappa shape index (κ1) is 23.7. The second kappa shape index (κ2) is 11.0. The summed E-state index contributed by atoms with van der Waals surface area (Å²) in [6.07, 6.45) is 1.48. The normalized spacial score (nSPS) is 11.2. The van der Waals surface area contributed by atoms with Gasteiger partial charge in [0.2, 0.25) is 5.91 Å². The van der Waals surface area contributed by atoms with E-state index in [4.69, 9.17) is 9.47 Å². The van der Waals surface area contributed by atoms with E-state index in [9.17, 15) is 13.2 Å². The first-order chi connectivity index (χ1) is 14.3. The first-order valence-corrected chi connectivity index (χ1v) is 11.3. The van der Waals surface area contributed by atoms with Crippen molar-refractivity contribution in [3.63, 3.8) is 0 Å². The third-order valence-electron chi connectivity index (χ3n) is 4.65. The van der Waals surface area contributed by atoms with Crippen LogP contribution < -0.4 is 14.4 Å². The van der Waals surface area contributed by atoms with Crippen LogP contribution in [0.25, 0.3) is 0 Å². The number of anilines is 1. The van der Waals surface area contributed by atoms with E-state index < -0.39 is 10.0 Å². The summed E-state index contributed by atoms with van der Waals surface area (Å²) in [6.45, 7) is 4.41. The summed E-state index contributed by atoms with van der Waals surface area (Å²) in [4.78, 5) is 12.5. The van der Waals surface area contributed by atoms with Crippen molar-refractivity contribution in [1.82, 2.24) is 5.32 Å². The van der Waals surface area contributed by atoms with E-state index >= 15 is 0 Å². The fourth-order valence-electron chi connectivity index (χ4n) is 2.95. The lowest BCUT2D eigenvalue weighted by Gasteiger charge is -2.25. The van der Waals surface area contributed by atoms with E-state index in [1.165, 1.54) is 7.11 Å². The Hall–Kier alpha value is -2.58. The topological polar surface area (TPSA) is 84.9 Å². The highest BCUT2D eigenvalue weighted by atomic mass is 32.2. The minimum atomic E-state index is -4.05. The number of sulfonamides is 1. The van der Waals surface area contributed by atoms with Crippen LogP contribution in [0.1, 0.15) is 24.5 Å². The van der Waals surface area contributed by atoms with Gasteiger partial charge in [-0.1, -0.05) is 25.1 Å². The van der Waals surface area contributed by atoms with Gasteiger partial charge in [-0.15, -0.1) is 0 Å². The van der Waals surface area contributed by atoms with Crippen molar-refractivity contribution in [1.29, 1.82) is 0 Å². The molecule has 0 unspecified atom stereocenters. The van der Waals surface area contributed by atoms with Crippen LogP contribution >= 0.6 is 0 Å². The lowest BCUT2D eigenvalue weighted by atomic mass is 10.1. The second-order valence-corrected chi connectivity index (χ2v) is 8.71. The van der Waals surface area contributed by atoms with Crippen LogP contribution in [0.3, 0.4) is 0 Å². The van der Waals surface area contributed by atoms with Gasteiger partial charge in [-0.2, -0.15) is 0 Å². The lowest BCUT2D eigenvalue weighted by Crippen LogP contribution is -2.41. The summed E-state index contributed by atoms with van der Waals surface area (Å²) in [5, 5.41) is 2.75. The van der Waals surface area contributed by atoms with E-state index in [0.717, 1.165) is 21.9 Å². The number of methoxy groups -OCH3 is 2. The monoisotopic (exact) mass is 434 g/mol. The minimum Gasteiger partial charge on any atom is -0.495 e. The van der Waals surface area contributed by atoms with Crippen molar-refractivity contribution in [2.45, 2.75) is 31.6 Å². The number of carbonyl (C=O) groups is 1. The van der Waals surface area contributed by atoms with Crippen LogP contribution in [0.2, 0.25) is 0 Å². The molecule has 8 heteroatoms. The summed E-state index contributed by atoms with van der Waals surface area (Å²) in [7, 11) is -1.03. The van der Waals surface area contributed by atoms with Crippen molar-refractivity contribution < 1.29 is 22.7 Å². The third kappa shape index (κ3) is 5.96. The summed E-state index contributed by atoms with van der Waals surface area (Å²) in [5.74, 6) is -0.155. The fraction of sp³-hybridized carbons (Fsp3) is 0.409. The number of benzene rings is 2. The summed E-state index contributed by atoms with van der Waals surface area (Å²) in [6, 6.07) is 12.1. The van der Waals surface area contributed by atoms with Gasteiger partial charge in [-0.3, -0.25) is 9.10 Å². The van der Waals surface area contributed by atoms with Gasteiger partial charge < -0.3 is 14.8 Å². The van der Waals surface area contributed by atoms with Crippen molar-refractivity contribution >= 4 is 21.6 Å². The van der Waals surface area contributed by atoms with Crippen LogP contribution in [-0.2, 0) is 26.0 Å². The Morgan fingerprint density at radius 3 is 2.40 bits per heavy atom. The molecular formula is C22H30N2O5S. The molecule has 2 aromatic carbocycles. The molecule has 0 aromatic heterocycles. The number of carbonyl (C=O) groups excluding carboxylic acids is 1. The molecule has 164 valence electrons. The van der Waals surface area contributed by atoms with Gasteiger partial charge in [0.05, 0.1) is 12.8 Å². The maximum atomic E-state index is 13.6. The molecule has 0 aliphatic heterocycles. The van der Waals surface area contributed by atoms with Gasteiger partial charge >= 0.3 is 0 Å². The molecule has 0 bridgehead atoms. The van der Waals surface area contributed by atoms with Crippen molar-refractivity contribution in [3.05, 3.63) is 53.6 Å². The molecule has 7 nitrogen and oxygen atoms in total. The van der Waals surface area contributed by atoms with E-state index in [0.29, 0.717) is 25.3 Å². The molecule has 0 saturated heterocycles. The van der Waals surface area contributed by atoms with E-state index in [2.05, 4.69) is 5.32 Å². The molecule has 30 heavy (non-hydrogen) atoms. The number of nitrogens with zero attached hydrogens (tertiary/aromatic N) is 1. The highest BCUT2D eigenvalue weighted by Crippen LogP contribution is 2.31. The zero-order valence-corrected chi connectivity index (χ0v) is 18.8. The first-order valence-electron chi connectivity index (χ1n) is 9.85. The molecule has 0 fully saturated rings. The molecule has 2 rings (SSSR count). The van der Waals surface area contributed by atoms with Crippen molar-refractivity contribution in [2.24, 2.45) is 0 Å². The average molecular weight is 435 g/mol. The standard InChI is InChI=1S/C22H30N2O5S/c1-5-18-8-10-19(11-9-18)24(16-22(25)23-13-6-14-28-3)30(26,27)21-15-17(2)7-12-20(21)29-4/h7-12,15H,5-6,13-14,16H2,1-4H3,(H,23,25). The summed E-state index contributed by atoms with van der Waals surface area (Å²) >= 11 is 0. The Kier molecular flexibility index (Phi) is 8.68. The summed E-state index contributed by atoms with van der Waals surface area (Å²) in [5.41, 5.74) is 2.27. The van der Waals surface area contributed by atoms with Crippen LogP contribution in [0.4, 0.5) is 5.69 Å². The van der Waals surface area contributed by atoms with E-state index in [1.807, 2.05) is 19.1 Å². The predicted molar refractivity (Wildman–Crippen MR) is 118 cm³/mol. The molecule has 0 aliphatic carbocycles. The van der Waals surface area contributed by atoms with Gasteiger partial charge in [0.25, 0.3) is 10.0 Å². The van der Waals surface area contributed by atoms with Gasteiger partial charge in [0.1, 0.15) is 17.2 Å². The van der Waals surface area contributed by atoms with Crippen LogP contribution in [0.15, 0.2) is 47.4 Å². The SMILES string of the molecule is CCc1ccc(N(CC(=O)NCCCOC)S(=O)(=O)c2cc(C)ccc2OC)cc1.